The van der Waals surface area contributed by atoms with Crippen LogP contribution in [0.1, 0.15) is 6.42 Å². The molecule has 0 aromatic heterocycles. The van der Waals surface area contributed by atoms with Crippen molar-refractivity contribution in [1.29, 1.82) is 0 Å². The molecule has 1 fully saturated rings. The second kappa shape index (κ2) is 5.14. The van der Waals surface area contributed by atoms with Gasteiger partial charge in [0, 0.05) is 11.6 Å². The van der Waals surface area contributed by atoms with Gasteiger partial charge in [-0.1, -0.05) is 11.6 Å². The monoisotopic (exact) mass is 270 g/mol. The number of hydrogen-bond donors (Lipinski definition) is 2. The second-order valence-corrected chi connectivity index (χ2v) is 4.69. The van der Waals surface area contributed by atoms with E-state index >= 15 is 0 Å². The Balaban J connectivity index is 2.18. The van der Waals surface area contributed by atoms with Gasteiger partial charge >= 0.3 is 0 Å². The van der Waals surface area contributed by atoms with Gasteiger partial charge in [-0.2, -0.15) is 0 Å². The third-order valence-electron chi connectivity index (χ3n) is 2.91. The van der Waals surface area contributed by atoms with Gasteiger partial charge in [-0.05, 0) is 24.6 Å². The van der Waals surface area contributed by atoms with E-state index in [0.717, 1.165) is 0 Å². The minimum absolute atomic E-state index is 0.224. The normalized spacial score (nSPS) is 22.8. The fourth-order valence-corrected chi connectivity index (χ4v) is 1.96. The maximum atomic E-state index is 12.1. The highest BCUT2D eigenvalue weighted by Crippen LogP contribution is 2.29. The summed E-state index contributed by atoms with van der Waals surface area (Å²) in [6, 6.07) is 5.00. The summed E-state index contributed by atoms with van der Waals surface area (Å²) in [6.45, 7) is 0.721. The lowest BCUT2D eigenvalue weighted by molar-refractivity contribution is -0.121. The minimum Gasteiger partial charge on any atom is -0.495 e. The standard InChI is InChI=1S/C12H15ClN2O3/c1-17-10-3-2-8(13)6-9(10)15-11(16)12(14)4-5-18-7-12/h2-3,6H,4-5,7,14H2,1H3,(H,15,16). The molecule has 3 N–H and O–H groups in total. The van der Waals surface area contributed by atoms with Crippen LogP contribution in [-0.2, 0) is 9.53 Å². The first kappa shape index (κ1) is 13.1. The summed E-state index contributed by atoms with van der Waals surface area (Å²) in [6.07, 6.45) is 0.502. The zero-order chi connectivity index (χ0) is 13.2. The molecule has 1 saturated heterocycles. The van der Waals surface area contributed by atoms with Gasteiger partial charge in [0.05, 0.1) is 19.4 Å². The first-order chi connectivity index (χ1) is 8.55. The van der Waals surface area contributed by atoms with E-state index in [2.05, 4.69) is 5.32 Å². The molecule has 0 saturated carbocycles. The Morgan fingerprint density at radius 1 is 1.61 bits per heavy atom. The van der Waals surface area contributed by atoms with Crippen molar-refractivity contribution in [1.82, 2.24) is 0 Å². The zero-order valence-electron chi connectivity index (χ0n) is 10.0. The van der Waals surface area contributed by atoms with Gasteiger partial charge in [0.1, 0.15) is 11.3 Å². The number of carbonyl (C=O) groups excluding carboxylic acids is 1. The van der Waals surface area contributed by atoms with Crippen LogP contribution in [0.2, 0.25) is 5.02 Å². The molecule has 0 aliphatic carbocycles. The molecule has 0 radical (unpaired) electrons. The third kappa shape index (κ3) is 2.58. The minimum atomic E-state index is -0.979. The first-order valence-corrected chi connectivity index (χ1v) is 5.94. The van der Waals surface area contributed by atoms with Crippen LogP contribution in [-0.4, -0.2) is 31.8 Å². The van der Waals surface area contributed by atoms with Crippen LogP contribution < -0.4 is 15.8 Å². The van der Waals surface area contributed by atoms with Gasteiger partial charge in [-0.25, -0.2) is 0 Å². The maximum Gasteiger partial charge on any atom is 0.247 e. The van der Waals surface area contributed by atoms with Gasteiger partial charge in [-0.15, -0.1) is 0 Å². The van der Waals surface area contributed by atoms with E-state index < -0.39 is 5.54 Å². The van der Waals surface area contributed by atoms with Crippen LogP contribution in [0.25, 0.3) is 0 Å². The lowest BCUT2D eigenvalue weighted by Crippen LogP contribution is -2.51. The summed E-state index contributed by atoms with van der Waals surface area (Å²) in [4.78, 5) is 12.1. The number of rotatable bonds is 3. The quantitative estimate of drug-likeness (QED) is 0.871. The number of halogens is 1. The number of carbonyl (C=O) groups is 1. The number of nitrogens with one attached hydrogen (secondary N) is 1. The molecular formula is C12H15ClN2O3. The molecule has 1 atom stereocenters. The highest BCUT2D eigenvalue weighted by atomic mass is 35.5. The average molecular weight is 271 g/mol. The highest BCUT2D eigenvalue weighted by molar-refractivity contribution is 6.31. The molecule has 18 heavy (non-hydrogen) atoms. The Bertz CT molecular complexity index is 459. The molecule has 0 bridgehead atoms. The predicted molar refractivity (Wildman–Crippen MR) is 69.0 cm³/mol. The first-order valence-electron chi connectivity index (χ1n) is 5.57. The zero-order valence-corrected chi connectivity index (χ0v) is 10.8. The van der Waals surface area contributed by atoms with E-state index in [0.29, 0.717) is 29.5 Å². The summed E-state index contributed by atoms with van der Waals surface area (Å²) in [5.74, 6) is 0.246. The molecule has 0 spiro atoms. The van der Waals surface area contributed by atoms with Crippen molar-refractivity contribution in [3.05, 3.63) is 23.2 Å². The topological polar surface area (TPSA) is 73.6 Å². The fraction of sp³-hybridized carbons (Fsp3) is 0.417. The van der Waals surface area contributed by atoms with E-state index in [1.165, 1.54) is 7.11 Å². The molecule has 1 aromatic rings. The molecule has 1 aliphatic heterocycles. The summed E-state index contributed by atoms with van der Waals surface area (Å²) < 4.78 is 10.3. The van der Waals surface area contributed by atoms with Gasteiger partial charge < -0.3 is 20.5 Å². The van der Waals surface area contributed by atoms with Crippen LogP contribution in [0.5, 0.6) is 5.75 Å². The van der Waals surface area contributed by atoms with Crippen molar-refractivity contribution >= 4 is 23.2 Å². The van der Waals surface area contributed by atoms with E-state index in [1.807, 2.05) is 0 Å². The van der Waals surface area contributed by atoms with E-state index in [9.17, 15) is 4.79 Å². The number of anilines is 1. The van der Waals surface area contributed by atoms with Gasteiger partial charge in [-0.3, -0.25) is 4.79 Å². The van der Waals surface area contributed by atoms with Crippen LogP contribution in [0.4, 0.5) is 5.69 Å². The Morgan fingerprint density at radius 2 is 2.39 bits per heavy atom. The average Bonchev–Trinajstić information content (AvgIpc) is 2.78. The molecule has 98 valence electrons. The molecule has 1 unspecified atom stereocenters. The number of hydrogen-bond acceptors (Lipinski definition) is 4. The van der Waals surface area contributed by atoms with E-state index in [-0.39, 0.29) is 12.5 Å². The maximum absolute atomic E-state index is 12.1. The molecule has 1 aromatic carbocycles. The summed E-state index contributed by atoms with van der Waals surface area (Å²) in [7, 11) is 1.52. The molecular weight excluding hydrogens is 256 g/mol. The second-order valence-electron chi connectivity index (χ2n) is 4.26. The number of nitrogens with two attached hydrogens (primary N) is 1. The Kier molecular flexibility index (Phi) is 3.75. The fourth-order valence-electron chi connectivity index (χ4n) is 1.78. The van der Waals surface area contributed by atoms with Crippen LogP contribution in [0, 0.1) is 0 Å². The summed E-state index contributed by atoms with van der Waals surface area (Å²) in [5, 5.41) is 3.25. The van der Waals surface area contributed by atoms with Crippen molar-refractivity contribution in [2.75, 3.05) is 25.6 Å². The smallest absolute Gasteiger partial charge is 0.247 e. The molecule has 6 heteroatoms. The third-order valence-corrected chi connectivity index (χ3v) is 3.15. The number of methoxy groups -OCH3 is 1. The number of ether oxygens (including phenoxy) is 2. The summed E-state index contributed by atoms with van der Waals surface area (Å²) >= 11 is 5.89. The van der Waals surface area contributed by atoms with E-state index in [4.69, 9.17) is 26.8 Å². The highest BCUT2D eigenvalue weighted by Gasteiger charge is 2.38. The molecule has 1 heterocycles. The lowest BCUT2D eigenvalue weighted by atomic mass is 9.99. The van der Waals surface area contributed by atoms with E-state index in [1.54, 1.807) is 18.2 Å². The molecule has 1 amide bonds. The van der Waals surface area contributed by atoms with Crippen molar-refractivity contribution in [2.45, 2.75) is 12.0 Å². The van der Waals surface area contributed by atoms with Crippen molar-refractivity contribution < 1.29 is 14.3 Å². The Morgan fingerprint density at radius 3 is 3.00 bits per heavy atom. The molecule has 5 nitrogen and oxygen atoms in total. The van der Waals surface area contributed by atoms with Crippen molar-refractivity contribution in [3.63, 3.8) is 0 Å². The number of amides is 1. The van der Waals surface area contributed by atoms with Gasteiger partial charge in [0.2, 0.25) is 5.91 Å². The van der Waals surface area contributed by atoms with Crippen LogP contribution >= 0.6 is 11.6 Å². The predicted octanol–water partition coefficient (Wildman–Crippen LogP) is 1.40. The van der Waals surface area contributed by atoms with Gasteiger partial charge in [0.25, 0.3) is 0 Å². The SMILES string of the molecule is COc1ccc(Cl)cc1NC(=O)C1(N)CCOC1. The van der Waals surface area contributed by atoms with Crippen molar-refractivity contribution in [3.8, 4) is 5.75 Å². The Labute approximate surface area is 110 Å². The van der Waals surface area contributed by atoms with Crippen LogP contribution in [0.3, 0.4) is 0 Å². The largest absolute Gasteiger partial charge is 0.495 e. The molecule has 1 aliphatic rings. The van der Waals surface area contributed by atoms with Crippen LogP contribution in [0.15, 0.2) is 18.2 Å². The Hall–Kier alpha value is -1.30. The number of benzene rings is 1. The van der Waals surface area contributed by atoms with Crippen molar-refractivity contribution in [2.24, 2.45) is 5.73 Å². The van der Waals surface area contributed by atoms with Gasteiger partial charge in [0.15, 0.2) is 0 Å². The lowest BCUT2D eigenvalue weighted by Gasteiger charge is -2.21. The summed E-state index contributed by atoms with van der Waals surface area (Å²) in [5.41, 5.74) is 5.50. The molecule has 2 rings (SSSR count).